The molecule has 0 radical (unpaired) electrons. The molecule has 108 valence electrons. The number of ketones is 1. The van der Waals surface area contributed by atoms with Gasteiger partial charge in [0.2, 0.25) is 0 Å². The molecule has 3 heteroatoms. The topological polar surface area (TPSA) is 26.3 Å². The second kappa shape index (κ2) is 5.77. The van der Waals surface area contributed by atoms with Crippen molar-refractivity contribution in [2.45, 2.75) is 57.5 Å². The molecule has 2 nitrogen and oxygen atoms in total. The lowest BCUT2D eigenvalue weighted by Crippen LogP contribution is -2.44. The molecule has 2 saturated heterocycles. The Balaban J connectivity index is 1.68. The Kier molecular flexibility index (Phi) is 4.23. The summed E-state index contributed by atoms with van der Waals surface area (Å²) in [4.78, 5) is 12.3. The summed E-state index contributed by atoms with van der Waals surface area (Å²) in [6.45, 7) is 3.16. The molecule has 0 bridgehead atoms. The van der Waals surface area contributed by atoms with Gasteiger partial charge in [-0.2, -0.15) is 11.8 Å². The van der Waals surface area contributed by atoms with E-state index in [0.717, 1.165) is 50.4 Å². The van der Waals surface area contributed by atoms with Gasteiger partial charge in [0, 0.05) is 24.7 Å². The predicted molar refractivity (Wildman–Crippen MR) is 79.5 cm³/mol. The van der Waals surface area contributed by atoms with Crippen LogP contribution in [0.1, 0.15) is 51.9 Å². The maximum atomic E-state index is 12.3. The quantitative estimate of drug-likeness (QED) is 0.773. The summed E-state index contributed by atoms with van der Waals surface area (Å²) in [5, 5.41) is 0. The molecule has 1 saturated carbocycles. The highest BCUT2D eigenvalue weighted by atomic mass is 32.2. The molecule has 1 aliphatic carbocycles. The van der Waals surface area contributed by atoms with E-state index in [1.54, 1.807) is 0 Å². The Bertz CT molecular complexity index is 336. The van der Waals surface area contributed by atoms with E-state index in [1.165, 1.54) is 18.6 Å². The van der Waals surface area contributed by atoms with Crippen molar-refractivity contribution in [1.82, 2.24) is 0 Å². The Morgan fingerprint density at radius 1 is 1.42 bits per heavy atom. The van der Waals surface area contributed by atoms with Crippen LogP contribution in [0.2, 0.25) is 0 Å². The minimum absolute atomic E-state index is 0.132. The number of rotatable bonds is 2. The molecule has 4 atom stereocenters. The van der Waals surface area contributed by atoms with Gasteiger partial charge >= 0.3 is 0 Å². The minimum Gasteiger partial charge on any atom is -0.374 e. The van der Waals surface area contributed by atoms with Crippen LogP contribution in [0.25, 0.3) is 0 Å². The zero-order chi connectivity index (χ0) is 13.3. The van der Waals surface area contributed by atoms with Gasteiger partial charge in [0.05, 0.1) is 5.60 Å². The van der Waals surface area contributed by atoms with Gasteiger partial charge < -0.3 is 4.74 Å². The summed E-state index contributed by atoms with van der Waals surface area (Å²) in [5.41, 5.74) is 0.132. The summed E-state index contributed by atoms with van der Waals surface area (Å²) in [5.74, 6) is 4.70. The highest BCUT2D eigenvalue weighted by molar-refractivity contribution is 7.99. The van der Waals surface area contributed by atoms with Crippen molar-refractivity contribution in [2.24, 2.45) is 17.8 Å². The van der Waals surface area contributed by atoms with Gasteiger partial charge in [-0.1, -0.05) is 13.3 Å². The molecule has 0 amide bonds. The fourth-order valence-electron chi connectivity index (χ4n) is 4.24. The normalized spacial score (nSPS) is 43.8. The molecule has 3 fully saturated rings. The van der Waals surface area contributed by atoms with Crippen molar-refractivity contribution in [3.05, 3.63) is 0 Å². The first-order valence-electron chi connectivity index (χ1n) is 7.97. The molecule has 2 aliphatic heterocycles. The largest absolute Gasteiger partial charge is 0.374 e. The molecule has 1 spiro atoms. The van der Waals surface area contributed by atoms with Crippen molar-refractivity contribution >= 4 is 17.5 Å². The van der Waals surface area contributed by atoms with Gasteiger partial charge in [0.1, 0.15) is 5.78 Å². The van der Waals surface area contributed by atoms with E-state index in [9.17, 15) is 4.79 Å². The van der Waals surface area contributed by atoms with Crippen molar-refractivity contribution in [2.75, 3.05) is 18.1 Å². The van der Waals surface area contributed by atoms with Crippen LogP contribution < -0.4 is 0 Å². The second-order valence-corrected chi connectivity index (χ2v) is 7.81. The maximum Gasteiger partial charge on any atom is 0.136 e. The third-order valence-electron chi connectivity index (χ3n) is 5.54. The van der Waals surface area contributed by atoms with Gasteiger partial charge in [-0.05, 0) is 49.7 Å². The number of hydrogen-bond acceptors (Lipinski definition) is 3. The van der Waals surface area contributed by atoms with Crippen molar-refractivity contribution in [1.29, 1.82) is 0 Å². The van der Waals surface area contributed by atoms with E-state index in [-0.39, 0.29) is 5.60 Å². The Labute approximate surface area is 121 Å². The standard InChI is InChI=1S/C16H26O2S/c1-2-12-3-4-15(17)14(9-12)13-5-7-18-16(10-13)6-8-19-11-16/h12-14H,2-11H2,1H3. The van der Waals surface area contributed by atoms with Gasteiger partial charge in [0.15, 0.2) is 0 Å². The van der Waals surface area contributed by atoms with Crippen LogP contribution in [-0.4, -0.2) is 29.5 Å². The molecule has 3 rings (SSSR count). The Morgan fingerprint density at radius 3 is 3.05 bits per heavy atom. The van der Waals surface area contributed by atoms with E-state index in [1.807, 2.05) is 11.8 Å². The van der Waals surface area contributed by atoms with E-state index < -0.39 is 0 Å². The molecule has 19 heavy (non-hydrogen) atoms. The zero-order valence-corrected chi connectivity index (χ0v) is 12.8. The lowest BCUT2D eigenvalue weighted by molar-refractivity contribution is -0.134. The van der Waals surface area contributed by atoms with Crippen LogP contribution >= 0.6 is 11.8 Å². The highest BCUT2D eigenvalue weighted by Gasteiger charge is 2.44. The van der Waals surface area contributed by atoms with Crippen molar-refractivity contribution in [3.8, 4) is 0 Å². The predicted octanol–water partition coefficient (Wildman–Crippen LogP) is 3.68. The molecule has 0 aromatic heterocycles. The number of Topliss-reactive ketones (excluding diaryl/α,β-unsaturated/α-hetero) is 1. The molecule has 3 aliphatic rings. The maximum absolute atomic E-state index is 12.3. The molecule has 0 N–H and O–H groups in total. The lowest BCUT2D eigenvalue weighted by atomic mass is 9.68. The molecular weight excluding hydrogens is 256 g/mol. The van der Waals surface area contributed by atoms with Crippen LogP contribution in [0.5, 0.6) is 0 Å². The number of thioether (sulfide) groups is 1. The van der Waals surface area contributed by atoms with E-state index in [2.05, 4.69) is 6.92 Å². The summed E-state index contributed by atoms with van der Waals surface area (Å²) in [6, 6.07) is 0. The van der Waals surface area contributed by atoms with Gasteiger partial charge in [0.25, 0.3) is 0 Å². The number of carbonyl (C=O) groups excluding carboxylic acids is 1. The molecule has 0 aromatic rings. The minimum atomic E-state index is 0.132. The van der Waals surface area contributed by atoms with E-state index >= 15 is 0 Å². The number of hydrogen-bond donors (Lipinski definition) is 0. The molecule has 4 unspecified atom stereocenters. The highest BCUT2D eigenvalue weighted by Crippen LogP contribution is 2.45. The van der Waals surface area contributed by atoms with Crippen molar-refractivity contribution in [3.63, 3.8) is 0 Å². The first-order valence-corrected chi connectivity index (χ1v) is 9.12. The third-order valence-corrected chi connectivity index (χ3v) is 6.77. The Hall–Kier alpha value is -0.0200. The van der Waals surface area contributed by atoms with E-state index in [4.69, 9.17) is 4.74 Å². The van der Waals surface area contributed by atoms with Crippen LogP contribution in [0.3, 0.4) is 0 Å². The van der Waals surface area contributed by atoms with Crippen LogP contribution in [0, 0.1) is 17.8 Å². The average Bonchev–Trinajstić information content (AvgIpc) is 2.87. The first kappa shape index (κ1) is 13.9. The summed E-state index contributed by atoms with van der Waals surface area (Å²) >= 11 is 2.02. The van der Waals surface area contributed by atoms with Gasteiger partial charge in [-0.15, -0.1) is 0 Å². The Morgan fingerprint density at radius 2 is 2.32 bits per heavy atom. The second-order valence-electron chi connectivity index (χ2n) is 6.71. The van der Waals surface area contributed by atoms with Crippen LogP contribution in [-0.2, 0) is 9.53 Å². The monoisotopic (exact) mass is 282 g/mol. The third kappa shape index (κ3) is 2.87. The fraction of sp³-hybridized carbons (Fsp3) is 0.938. The number of carbonyl (C=O) groups is 1. The summed E-state index contributed by atoms with van der Waals surface area (Å²) in [6.07, 6.45) is 7.83. The van der Waals surface area contributed by atoms with E-state index in [0.29, 0.717) is 17.6 Å². The SMILES string of the molecule is CCC1CCC(=O)C(C2CCOC3(CCSC3)C2)C1. The number of ether oxygens (including phenoxy) is 1. The first-order chi connectivity index (χ1) is 9.22. The van der Waals surface area contributed by atoms with Gasteiger partial charge in [-0.25, -0.2) is 0 Å². The molecular formula is C16H26O2S. The summed E-state index contributed by atoms with van der Waals surface area (Å²) in [7, 11) is 0. The molecule has 2 heterocycles. The smallest absolute Gasteiger partial charge is 0.136 e. The summed E-state index contributed by atoms with van der Waals surface area (Å²) < 4.78 is 6.10. The lowest BCUT2D eigenvalue weighted by Gasteiger charge is -2.42. The average molecular weight is 282 g/mol. The van der Waals surface area contributed by atoms with Crippen LogP contribution in [0.15, 0.2) is 0 Å². The fourth-order valence-corrected chi connectivity index (χ4v) is 5.62. The van der Waals surface area contributed by atoms with Crippen molar-refractivity contribution < 1.29 is 9.53 Å². The van der Waals surface area contributed by atoms with Gasteiger partial charge in [-0.3, -0.25) is 4.79 Å². The van der Waals surface area contributed by atoms with Crippen LogP contribution in [0.4, 0.5) is 0 Å². The zero-order valence-electron chi connectivity index (χ0n) is 12.0. The molecule has 0 aromatic carbocycles.